The Kier molecular flexibility index (Phi) is 4.55. The van der Waals surface area contributed by atoms with Crippen molar-refractivity contribution in [2.75, 3.05) is 13.2 Å². The van der Waals surface area contributed by atoms with Crippen molar-refractivity contribution in [2.24, 2.45) is 0 Å². The van der Waals surface area contributed by atoms with E-state index >= 15 is 0 Å². The monoisotopic (exact) mass is 385 g/mol. The predicted octanol–water partition coefficient (Wildman–Crippen LogP) is 2.76. The van der Waals surface area contributed by atoms with Crippen molar-refractivity contribution >= 4 is 12.6 Å². The van der Waals surface area contributed by atoms with E-state index in [1.165, 1.54) is 12.8 Å². The van der Waals surface area contributed by atoms with Crippen LogP contribution in [0.3, 0.4) is 0 Å². The molecular weight excluding hydrogens is 353 g/mol. The molecule has 1 aromatic carbocycles. The molecule has 0 N–H and O–H groups in total. The Labute approximate surface area is 168 Å². The molecule has 0 aliphatic carbocycles. The van der Waals surface area contributed by atoms with Gasteiger partial charge in [-0.3, -0.25) is 4.90 Å². The Hall–Kier alpha value is -1.08. The molecule has 4 fully saturated rings. The van der Waals surface area contributed by atoms with E-state index in [9.17, 15) is 0 Å². The van der Waals surface area contributed by atoms with Crippen LogP contribution in [0.4, 0.5) is 0 Å². The number of hydrogen-bond donors (Lipinski definition) is 0. The SMILES string of the molecule is CC1(C)OB(c2ccc(O[C@H]3C[C@H]4CC[C@@H](C3)N4C3COC3)cc2)OC1(C)C. The molecular formula is C22H32BNO4. The van der Waals surface area contributed by atoms with Crippen molar-refractivity contribution in [3.63, 3.8) is 0 Å². The fourth-order valence-corrected chi connectivity index (χ4v) is 5.13. The van der Waals surface area contributed by atoms with Gasteiger partial charge in [-0.15, -0.1) is 0 Å². The molecule has 0 radical (unpaired) electrons. The zero-order valence-corrected chi connectivity index (χ0v) is 17.5. The lowest BCUT2D eigenvalue weighted by molar-refractivity contribution is -0.102. The standard InChI is InChI=1S/C22H32BNO4/c1-21(2)22(3,4)28-23(27-21)15-5-9-19(10-6-15)26-20-11-16-7-8-17(12-20)24(16)18-13-25-14-18/h5-6,9-10,16-18,20H,7-8,11-14H2,1-4H3/t16-,17+,20+. The van der Waals surface area contributed by atoms with Gasteiger partial charge in [0.15, 0.2) is 0 Å². The lowest BCUT2D eigenvalue weighted by Gasteiger charge is -2.46. The summed E-state index contributed by atoms with van der Waals surface area (Å²) in [4.78, 5) is 2.73. The van der Waals surface area contributed by atoms with Gasteiger partial charge in [-0.05, 0) is 71.0 Å². The Morgan fingerprint density at radius 2 is 1.46 bits per heavy atom. The molecule has 1 aromatic rings. The van der Waals surface area contributed by atoms with Crippen LogP contribution in [0.25, 0.3) is 0 Å². The van der Waals surface area contributed by atoms with E-state index in [-0.39, 0.29) is 18.3 Å². The second-order valence-electron chi connectivity index (χ2n) is 9.89. The zero-order valence-electron chi connectivity index (χ0n) is 17.5. The molecule has 6 heteroatoms. The highest BCUT2D eigenvalue weighted by atomic mass is 16.7. The van der Waals surface area contributed by atoms with E-state index in [0.29, 0.717) is 24.2 Å². The third kappa shape index (κ3) is 3.19. The van der Waals surface area contributed by atoms with Crippen LogP contribution in [0.15, 0.2) is 24.3 Å². The topological polar surface area (TPSA) is 40.2 Å². The molecule has 0 aromatic heterocycles. The fourth-order valence-electron chi connectivity index (χ4n) is 5.13. The molecule has 0 spiro atoms. The Balaban J connectivity index is 1.21. The highest BCUT2D eigenvalue weighted by molar-refractivity contribution is 6.62. The molecule has 0 saturated carbocycles. The molecule has 5 rings (SSSR count). The summed E-state index contributed by atoms with van der Waals surface area (Å²) in [6.07, 6.45) is 5.19. The Morgan fingerprint density at radius 3 is 1.96 bits per heavy atom. The van der Waals surface area contributed by atoms with Gasteiger partial charge in [-0.25, -0.2) is 0 Å². The van der Waals surface area contributed by atoms with Crippen molar-refractivity contribution in [3.05, 3.63) is 24.3 Å². The lowest BCUT2D eigenvalue weighted by Crippen LogP contribution is -2.57. The Morgan fingerprint density at radius 1 is 0.893 bits per heavy atom. The molecule has 28 heavy (non-hydrogen) atoms. The first-order valence-corrected chi connectivity index (χ1v) is 10.8. The first-order chi connectivity index (χ1) is 13.3. The van der Waals surface area contributed by atoms with Gasteiger partial charge >= 0.3 is 7.12 Å². The van der Waals surface area contributed by atoms with Crippen LogP contribution >= 0.6 is 0 Å². The summed E-state index contributed by atoms with van der Waals surface area (Å²) in [6.45, 7) is 10.2. The number of rotatable bonds is 4. The van der Waals surface area contributed by atoms with Gasteiger partial charge < -0.3 is 18.8 Å². The number of ether oxygens (including phenoxy) is 2. The van der Waals surface area contributed by atoms with E-state index in [1.54, 1.807) is 0 Å². The average Bonchev–Trinajstić information content (AvgIpc) is 2.95. The number of hydrogen-bond acceptors (Lipinski definition) is 5. The van der Waals surface area contributed by atoms with Gasteiger partial charge in [0, 0.05) is 12.1 Å². The lowest BCUT2D eigenvalue weighted by atomic mass is 9.79. The van der Waals surface area contributed by atoms with Gasteiger partial charge in [-0.2, -0.15) is 0 Å². The van der Waals surface area contributed by atoms with Crippen LogP contribution in [0, 0.1) is 0 Å². The number of nitrogens with zero attached hydrogens (tertiary/aromatic N) is 1. The summed E-state index contributed by atoms with van der Waals surface area (Å²) in [5.41, 5.74) is 0.419. The van der Waals surface area contributed by atoms with Crippen LogP contribution in [0.1, 0.15) is 53.4 Å². The molecule has 3 atom stereocenters. The maximum atomic E-state index is 6.38. The zero-order chi connectivity index (χ0) is 19.5. The molecule has 0 amide bonds. The fraction of sp³-hybridized carbons (Fsp3) is 0.727. The number of benzene rings is 1. The van der Waals surface area contributed by atoms with Gasteiger partial charge in [0.1, 0.15) is 11.9 Å². The molecule has 2 bridgehead atoms. The van der Waals surface area contributed by atoms with Crippen LogP contribution in [-0.2, 0) is 14.0 Å². The molecule has 5 nitrogen and oxygen atoms in total. The molecule has 4 saturated heterocycles. The summed E-state index contributed by atoms with van der Waals surface area (Å²) in [5.74, 6) is 0.949. The first kappa shape index (κ1) is 18.9. The minimum Gasteiger partial charge on any atom is -0.490 e. The minimum absolute atomic E-state index is 0.314. The third-order valence-electron chi connectivity index (χ3n) is 7.50. The summed E-state index contributed by atoms with van der Waals surface area (Å²) in [7, 11) is -0.317. The van der Waals surface area contributed by atoms with Crippen LogP contribution in [0.5, 0.6) is 5.75 Å². The smallest absolute Gasteiger partial charge is 0.490 e. The molecule has 4 aliphatic heterocycles. The average molecular weight is 385 g/mol. The normalized spacial score (nSPS) is 34.4. The third-order valence-corrected chi connectivity index (χ3v) is 7.50. The summed E-state index contributed by atoms with van der Waals surface area (Å²) in [5, 5.41) is 0. The van der Waals surface area contributed by atoms with Gasteiger partial charge in [0.2, 0.25) is 0 Å². The maximum absolute atomic E-state index is 6.38. The Bertz CT molecular complexity index is 688. The van der Waals surface area contributed by atoms with E-state index in [0.717, 1.165) is 37.3 Å². The second-order valence-corrected chi connectivity index (χ2v) is 9.89. The first-order valence-electron chi connectivity index (χ1n) is 10.8. The van der Waals surface area contributed by atoms with Crippen LogP contribution in [-0.4, -0.2) is 60.7 Å². The highest BCUT2D eigenvalue weighted by Gasteiger charge is 2.51. The van der Waals surface area contributed by atoms with Crippen LogP contribution in [0.2, 0.25) is 0 Å². The molecule has 4 aliphatic rings. The van der Waals surface area contributed by atoms with Gasteiger partial charge in [0.05, 0.1) is 30.5 Å². The van der Waals surface area contributed by atoms with E-state index in [1.807, 2.05) is 0 Å². The van der Waals surface area contributed by atoms with E-state index in [2.05, 4.69) is 56.9 Å². The molecule has 4 heterocycles. The minimum atomic E-state index is -0.317. The van der Waals surface area contributed by atoms with Crippen LogP contribution < -0.4 is 10.2 Å². The van der Waals surface area contributed by atoms with Gasteiger partial charge in [0.25, 0.3) is 0 Å². The predicted molar refractivity (Wildman–Crippen MR) is 109 cm³/mol. The largest absolute Gasteiger partial charge is 0.494 e. The van der Waals surface area contributed by atoms with E-state index < -0.39 is 0 Å². The second kappa shape index (κ2) is 6.73. The van der Waals surface area contributed by atoms with Crippen molar-refractivity contribution in [1.29, 1.82) is 0 Å². The summed E-state index contributed by atoms with van der Waals surface area (Å²) in [6, 6.07) is 10.3. The van der Waals surface area contributed by atoms with E-state index in [4.69, 9.17) is 18.8 Å². The number of fused-ring (bicyclic) bond motifs is 2. The molecule has 152 valence electrons. The van der Waals surface area contributed by atoms with Crippen molar-refractivity contribution in [1.82, 2.24) is 4.90 Å². The highest BCUT2D eigenvalue weighted by Crippen LogP contribution is 2.40. The number of piperidine rings is 1. The summed E-state index contributed by atoms with van der Waals surface area (Å²) >= 11 is 0. The van der Waals surface area contributed by atoms with Gasteiger partial charge in [-0.1, -0.05) is 12.1 Å². The van der Waals surface area contributed by atoms with Crippen molar-refractivity contribution in [3.8, 4) is 5.75 Å². The summed E-state index contributed by atoms with van der Waals surface area (Å²) < 4.78 is 24.1. The maximum Gasteiger partial charge on any atom is 0.494 e. The quantitative estimate of drug-likeness (QED) is 0.746. The van der Waals surface area contributed by atoms with Crippen molar-refractivity contribution < 1.29 is 18.8 Å². The van der Waals surface area contributed by atoms with Crippen molar-refractivity contribution in [2.45, 2.75) is 88.8 Å². The molecule has 0 unspecified atom stereocenters.